The van der Waals surface area contributed by atoms with E-state index in [1.165, 1.54) is 11.1 Å². The topological polar surface area (TPSA) is 52.0 Å². The van der Waals surface area contributed by atoms with Crippen LogP contribution in [0.15, 0.2) is 60.7 Å². The van der Waals surface area contributed by atoms with Gasteiger partial charge in [0.1, 0.15) is 0 Å². The highest BCUT2D eigenvalue weighted by Gasteiger charge is 2.50. The number of hydrogen-bond acceptors (Lipinski definition) is 2. The van der Waals surface area contributed by atoms with E-state index in [1.807, 2.05) is 0 Å². The summed E-state index contributed by atoms with van der Waals surface area (Å²) in [5, 5.41) is 0. The lowest BCUT2D eigenvalue weighted by atomic mass is 9.55. The van der Waals surface area contributed by atoms with Gasteiger partial charge in [-0.25, -0.2) is 0 Å². The van der Waals surface area contributed by atoms with Crippen LogP contribution in [-0.2, 0) is 5.41 Å². The Morgan fingerprint density at radius 2 is 1.08 bits per heavy atom. The summed E-state index contributed by atoms with van der Waals surface area (Å²) in [7, 11) is 0. The van der Waals surface area contributed by atoms with Crippen molar-refractivity contribution in [2.45, 2.75) is 45.6 Å². The molecule has 2 nitrogen and oxygen atoms in total. The van der Waals surface area contributed by atoms with Crippen molar-refractivity contribution in [1.29, 1.82) is 0 Å². The Balaban J connectivity index is 2.75. The van der Waals surface area contributed by atoms with Gasteiger partial charge in [0.05, 0.1) is 0 Å². The molecule has 0 saturated heterocycles. The van der Waals surface area contributed by atoms with Crippen LogP contribution in [0.5, 0.6) is 0 Å². The summed E-state index contributed by atoms with van der Waals surface area (Å²) in [5.41, 5.74) is 15.5. The summed E-state index contributed by atoms with van der Waals surface area (Å²) in [4.78, 5) is 0. The molecule has 0 radical (unpaired) electrons. The number of benzene rings is 2. The Hall–Kier alpha value is -1.64. The van der Waals surface area contributed by atoms with Gasteiger partial charge >= 0.3 is 0 Å². The van der Waals surface area contributed by atoms with Crippen LogP contribution in [0.1, 0.15) is 45.7 Å². The molecule has 4 N–H and O–H groups in total. The first-order valence-electron chi connectivity index (χ1n) is 9.41. The van der Waals surface area contributed by atoms with E-state index in [-0.39, 0.29) is 16.9 Å². The summed E-state index contributed by atoms with van der Waals surface area (Å²) >= 11 is 0. The lowest BCUT2D eigenvalue weighted by Crippen LogP contribution is -2.62. The molecule has 0 amide bonds. The van der Waals surface area contributed by atoms with E-state index < -0.39 is 0 Å². The molecule has 0 aliphatic rings. The molecule has 0 aliphatic carbocycles. The minimum atomic E-state index is -0.328. The molecule has 1 unspecified atom stereocenters. The first kappa shape index (κ1) is 19.7. The van der Waals surface area contributed by atoms with Crippen molar-refractivity contribution < 1.29 is 0 Å². The molecule has 2 aromatic carbocycles. The Morgan fingerprint density at radius 1 is 0.720 bits per heavy atom. The van der Waals surface area contributed by atoms with Crippen LogP contribution in [-0.4, -0.2) is 12.1 Å². The van der Waals surface area contributed by atoms with E-state index in [1.54, 1.807) is 0 Å². The molecule has 0 fully saturated rings. The Kier molecular flexibility index (Phi) is 6.08. The van der Waals surface area contributed by atoms with E-state index in [4.69, 9.17) is 11.5 Å². The van der Waals surface area contributed by atoms with Crippen molar-refractivity contribution in [2.75, 3.05) is 6.54 Å². The highest BCUT2D eigenvalue weighted by atomic mass is 14.8. The summed E-state index contributed by atoms with van der Waals surface area (Å²) in [5.74, 6) is 0.872. The van der Waals surface area contributed by atoms with Gasteiger partial charge in [-0.1, -0.05) is 95.3 Å². The van der Waals surface area contributed by atoms with Crippen LogP contribution in [0.3, 0.4) is 0 Å². The average molecular weight is 339 g/mol. The second-order valence-electron chi connectivity index (χ2n) is 7.94. The number of nitrogens with two attached hydrogens (primary N) is 2. The molecule has 0 heterocycles. The molecule has 0 aromatic heterocycles. The monoisotopic (exact) mass is 338 g/mol. The van der Waals surface area contributed by atoms with Crippen LogP contribution in [0, 0.1) is 17.8 Å². The van der Waals surface area contributed by atoms with Gasteiger partial charge in [0.2, 0.25) is 0 Å². The highest BCUT2D eigenvalue weighted by molar-refractivity contribution is 5.42. The van der Waals surface area contributed by atoms with Gasteiger partial charge in [0, 0.05) is 17.5 Å². The minimum absolute atomic E-state index is 0.176. The van der Waals surface area contributed by atoms with Crippen LogP contribution >= 0.6 is 0 Å². The lowest BCUT2D eigenvalue weighted by molar-refractivity contribution is 0.0972. The second kappa shape index (κ2) is 7.72. The highest BCUT2D eigenvalue weighted by Crippen LogP contribution is 2.47. The van der Waals surface area contributed by atoms with E-state index in [0.717, 1.165) is 0 Å². The van der Waals surface area contributed by atoms with Crippen molar-refractivity contribution >= 4 is 0 Å². The third-order valence-corrected chi connectivity index (χ3v) is 6.39. The fourth-order valence-electron chi connectivity index (χ4n) is 4.64. The molecular weight excluding hydrogens is 304 g/mol. The van der Waals surface area contributed by atoms with Gasteiger partial charge in [-0.2, -0.15) is 0 Å². The van der Waals surface area contributed by atoms with Crippen LogP contribution in [0.25, 0.3) is 0 Å². The normalized spacial score (nSPS) is 14.1. The summed E-state index contributed by atoms with van der Waals surface area (Å²) in [6.07, 6.45) is 0. The second-order valence-corrected chi connectivity index (χ2v) is 7.94. The molecule has 0 bridgehead atoms. The third kappa shape index (κ3) is 3.26. The van der Waals surface area contributed by atoms with E-state index >= 15 is 0 Å². The summed E-state index contributed by atoms with van der Waals surface area (Å²) in [6, 6.07) is 21.3. The fourth-order valence-corrected chi connectivity index (χ4v) is 4.64. The van der Waals surface area contributed by atoms with Crippen LogP contribution in [0.4, 0.5) is 0 Å². The molecule has 0 aliphatic heterocycles. The lowest BCUT2D eigenvalue weighted by Gasteiger charge is -2.52. The van der Waals surface area contributed by atoms with E-state index in [9.17, 15) is 0 Å². The SMILES string of the molecule is CC(C)C(N)(C(C)C)C(C)C(CN)(c1ccccc1)c1ccccc1. The molecule has 2 aromatic rings. The Labute approximate surface area is 153 Å². The number of hydrogen-bond donors (Lipinski definition) is 2. The first-order valence-corrected chi connectivity index (χ1v) is 9.41. The maximum atomic E-state index is 7.11. The predicted molar refractivity (Wildman–Crippen MR) is 108 cm³/mol. The number of rotatable bonds is 7. The minimum Gasteiger partial charge on any atom is -0.329 e. The van der Waals surface area contributed by atoms with Crippen molar-refractivity contribution in [1.82, 2.24) is 0 Å². The maximum Gasteiger partial charge on any atom is 0.0368 e. The van der Waals surface area contributed by atoms with Gasteiger partial charge in [0.15, 0.2) is 0 Å². The fraction of sp³-hybridized carbons (Fsp3) is 0.478. The molecule has 0 saturated carbocycles. The predicted octanol–water partition coefficient (Wildman–Crippen LogP) is 4.58. The van der Waals surface area contributed by atoms with E-state index in [2.05, 4.69) is 95.3 Å². The Bertz CT molecular complexity index is 599. The largest absolute Gasteiger partial charge is 0.329 e. The zero-order chi connectivity index (χ0) is 18.7. The molecule has 1 atom stereocenters. The summed E-state index contributed by atoms with van der Waals surface area (Å²) < 4.78 is 0. The quantitative estimate of drug-likeness (QED) is 0.776. The molecular formula is C23H34N2. The van der Waals surface area contributed by atoms with Gasteiger partial charge in [-0.15, -0.1) is 0 Å². The van der Waals surface area contributed by atoms with Gasteiger partial charge < -0.3 is 11.5 Å². The van der Waals surface area contributed by atoms with Crippen molar-refractivity contribution in [3.8, 4) is 0 Å². The van der Waals surface area contributed by atoms with Crippen molar-refractivity contribution in [2.24, 2.45) is 29.2 Å². The zero-order valence-electron chi connectivity index (χ0n) is 16.4. The van der Waals surface area contributed by atoms with Crippen molar-refractivity contribution in [3.63, 3.8) is 0 Å². The Morgan fingerprint density at radius 3 is 1.36 bits per heavy atom. The standard InChI is InChI=1S/C23H34N2/c1-17(2)23(25,18(3)4)19(5)22(16-24,20-12-8-6-9-13-20)21-14-10-7-11-15-21/h6-15,17-19H,16,24-25H2,1-5H3. The van der Waals surface area contributed by atoms with Gasteiger partial charge in [-0.3, -0.25) is 0 Å². The van der Waals surface area contributed by atoms with E-state index in [0.29, 0.717) is 18.4 Å². The molecule has 2 heteroatoms. The van der Waals surface area contributed by atoms with Gasteiger partial charge in [0.25, 0.3) is 0 Å². The average Bonchev–Trinajstić information content (AvgIpc) is 2.63. The molecule has 0 spiro atoms. The smallest absolute Gasteiger partial charge is 0.0368 e. The first-order chi connectivity index (χ1) is 11.8. The zero-order valence-corrected chi connectivity index (χ0v) is 16.4. The molecule has 136 valence electrons. The molecule has 2 rings (SSSR count). The summed E-state index contributed by atoms with van der Waals surface area (Å²) in [6.45, 7) is 11.7. The molecule has 25 heavy (non-hydrogen) atoms. The van der Waals surface area contributed by atoms with Crippen molar-refractivity contribution in [3.05, 3.63) is 71.8 Å². The maximum absolute atomic E-state index is 7.11. The third-order valence-electron chi connectivity index (χ3n) is 6.39. The van der Waals surface area contributed by atoms with Crippen LogP contribution < -0.4 is 11.5 Å². The van der Waals surface area contributed by atoms with Crippen LogP contribution in [0.2, 0.25) is 0 Å². The van der Waals surface area contributed by atoms with Gasteiger partial charge in [-0.05, 0) is 28.9 Å².